The molecule has 168 valence electrons. The summed E-state index contributed by atoms with van der Waals surface area (Å²) in [6.45, 7) is 0. The third kappa shape index (κ3) is 5.39. The van der Waals surface area contributed by atoms with Crippen LogP contribution in [0.1, 0.15) is 43.6 Å². The van der Waals surface area contributed by atoms with Gasteiger partial charge in [-0.2, -0.15) is 0 Å². The molecule has 1 saturated carbocycles. The molecule has 3 N–H and O–H groups in total. The molecule has 9 heteroatoms. The lowest BCUT2D eigenvalue weighted by Crippen LogP contribution is -2.31. The van der Waals surface area contributed by atoms with E-state index in [-0.39, 0.29) is 16.4 Å². The van der Waals surface area contributed by atoms with Gasteiger partial charge in [-0.15, -0.1) is 0 Å². The van der Waals surface area contributed by atoms with Crippen molar-refractivity contribution in [2.45, 2.75) is 55.1 Å². The molecule has 0 radical (unpaired) electrons. The van der Waals surface area contributed by atoms with Gasteiger partial charge in [0.15, 0.2) is 9.84 Å². The molecule has 0 unspecified atom stereocenters. The van der Waals surface area contributed by atoms with Gasteiger partial charge in [0.25, 0.3) is 10.0 Å². The molecule has 2 aromatic carbocycles. The van der Waals surface area contributed by atoms with Gasteiger partial charge in [0.05, 0.1) is 28.5 Å². The molecule has 1 heterocycles. The normalized spacial score (nSPS) is 24.0. The van der Waals surface area contributed by atoms with Crippen molar-refractivity contribution in [3.63, 3.8) is 0 Å². The van der Waals surface area contributed by atoms with Crippen molar-refractivity contribution in [2.75, 3.05) is 21.5 Å². The molecule has 0 aromatic heterocycles. The van der Waals surface area contributed by atoms with Crippen molar-refractivity contribution < 1.29 is 21.9 Å². The molecule has 0 bridgehead atoms. The number of sulfone groups is 1. The van der Waals surface area contributed by atoms with Gasteiger partial charge in [0.1, 0.15) is 0 Å². The van der Waals surface area contributed by atoms with Crippen LogP contribution in [-0.4, -0.2) is 45.6 Å². The Hall–Kier alpha value is -2.10. The zero-order valence-electron chi connectivity index (χ0n) is 17.2. The summed E-state index contributed by atoms with van der Waals surface area (Å²) in [6, 6.07) is 13.1. The highest BCUT2D eigenvalue weighted by molar-refractivity contribution is 7.92. The second kappa shape index (κ2) is 8.80. The van der Waals surface area contributed by atoms with E-state index in [1.54, 1.807) is 36.4 Å². The number of sulfonamides is 1. The van der Waals surface area contributed by atoms with Crippen LogP contribution in [0.5, 0.6) is 0 Å². The summed E-state index contributed by atoms with van der Waals surface area (Å²) < 4.78 is 51.3. The van der Waals surface area contributed by atoms with E-state index in [9.17, 15) is 21.9 Å². The molecule has 0 amide bonds. The molecule has 1 aliphatic heterocycles. The zero-order valence-corrected chi connectivity index (χ0v) is 18.8. The first-order chi connectivity index (χ1) is 14.7. The second-order valence-electron chi connectivity index (χ2n) is 8.48. The molecule has 0 spiro atoms. The van der Waals surface area contributed by atoms with Crippen LogP contribution in [0.4, 0.5) is 11.4 Å². The van der Waals surface area contributed by atoms with Gasteiger partial charge in [0.2, 0.25) is 0 Å². The average Bonchev–Trinajstić information content (AvgIpc) is 3.01. The molecule has 1 aliphatic carbocycles. The lowest BCUT2D eigenvalue weighted by Gasteiger charge is -2.22. The van der Waals surface area contributed by atoms with Gasteiger partial charge in [-0.3, -0.25) is 4.72 Å². The van der Waals surface area contributed by atoms with E-state index in [0.29, 0.717) is 17.3 Å². The monoisotopic (exact) mass is 464 g/mol. The maximum atomic E-state index is 12.7. The topological polar surface area (TPSA) is 113 Å². The van der Waals surface area contributed by atoms with Gasteiger partial charge < -0.3 is 10.4 Å². The predicted molar refractivity (Wildman–Crippen MR) is 122 cm³/mol. The van der Waals surface area contributed by atoms with Crippen LogP contribution in [0.3, 0.4) is 0 Å². The number of hydrogen-bond acceptors (Lipinski definition) is 6. The number of nitrogens with one attached hydrogen (secondary N) is 2. The maximum Gasteiger partial charge on any atom is 0.261 e. The fourth-order valence-electron chi connectivity index (χ4n) is 4.38. The zero-order chi connectivity index (χ0) is 22.1. The van der Waals surface area contributed by atoms with E-state index in [0.717, 1.165) is 12.8 Å². The Morgan fingerprint density at radius 3 is 2.03 bits per heavy atom. The number of benzene rings is 2. The summed E-state index contributed by atoms with van der Waals surface area (Å²) in [5.41, 5.74) is 2.22. The summed E-state index contributed by atoms with van der Waals surface area (Å²) in [5.74, 6) is 0.147. The fourth-order valence-corrected chi connectivity index (χ4v) is 7.18. The first-order valence-electron chi connectivity index (χ1n) is 10.6. The van der Waals surface area contributed by atoms with Crippen LogP contribution in [0.25, 0.3) is 0 Å². The minimum atomic E-state index is -3.71. The molecule has 1 saturated heterocycles. The van der Waals surface area contributed by atoms with Crippen LogP contribution in [0.2, 0.25) is 0 Å². The number of anilines is 2. The quantitative estimate of drug-likeness (QED) is 0.606. The minimum absolute atomic E-state index is 0.126. The van der Waals surface area contributed by atoms with Crippen molar-refractivity contribution in [1.82, 2.24) is 0 Å². The Kier molecular flexibility index (Phi) is 6.27. The summed E-state index contributed by atoms with van der Waals surface area (Å²) >= 11 is 0. The molecule has 4 rings (SSSR count). The minimum Gasteiger partial charge on any atom is -0.390 e. The summed E-state index contributed by atoms with van der Waals surface area (Å²) in [6.07, 6.45) is 5.10. The summed E-state index contributed by atoms with van der Waals surface area (Å²) in [4.78, 5) is 0.216. The number of aliphatic hydroxyl groups is 1. The maximum absolute atomic E-state index is 12.7. The Balaban J connectivity index is 1.40. The largest absolute Gasteiger partial charge is 0.390 e. The third-order valence-electron chi connectivity index (χ3n) is 6.08. The van der Waals surface area contributed by atoms with E-state index < -0.39 is 32.0 Å². The van der Waals surface area contributed by atoms with Crippen molar-refractivity contribution in [3.05, 3.63) is 54.1 Å². The van der Waals surface area contributed by atoms with Gasteiger partial charge in [-0.1, -0.05) is 31.4 Å². The Bertz CT molecular complexity index is 1110. The van der Waals surface area contributed by atoms with Crippen LogP contribution in [0, 0.1) is 0 Å². The van der Waals surface area contributed by atoms with Crippen molar-refractivity contribution >= 4 is 31.2 Å². The average molecular weight is 465 g/mol. The molecule has 2 atom stereocenters. The number of hydrogen-bond donors (Lipinski definition) is 3. The summed E-state index contributed by atoms with van der Waals surface area (Å²) in [5, 5.41) is 12.9. The molecule has 2 aromatic rings. The van der Waals surface area contributed by atoms with Crippen LogP contribution in [0.15, 0.2) is 53.4 Å². The molecule has 2 aliphatic rings. The predicted octanol–water partition coefficient (Wildman–Crippen LogP) is 3.10. The van der Waals surface area contributed by atoms with E-state index in [1.807, 2.05) is 12.1 Å². The van der Waals surface area contributed by atoms with Crippen molar-refractivity contribution in [3.8, 4) is 0 Å². The standard InChI is InChI=1S/C22H28N2O5S2/c25-22-15-30(26,27)14-21(22)23-18-8-10-19(11-9-18)24-31(28,29)20-12-6-17(7-13-20)16-4-2-1-3-5-16/h6-13,16,21-25H,1-5,14-15H2/t21-,22-/m0/s1. The second-order valence-corrected chi connectivity index (χ2v) is 12.3. The Labute approximate surface area is 183 Å². The Morgan fingerprint density at radius 2 is 1.45 bits per heavy atom. The first-order valence-corrected chi connectivity index (χ1v) is 13.9. The van der Waals surface area contributed by atoms with Gasteiger partial charge >= 0.3 is 0 Å². The smallest absolute Gasteiger partial charge is 0.261 e. The first kappa shape index (κ1) is 22.1. The molecular weight excluding hydrogens is 436 g/mol. The molecule has 7 nitrogen and oxygen atoms in total. The summed E-state index contributed by atoms with van der Waals surface area (Å²) in [7, 11) is -6.95. The lowest BCUT2D eigenvalue weighted by atomic mass is 9.84. The van der Waals surface area contributed by atoms with Gasteiger partial charge in [0, 0.05) is 11.4 Å². The molecule has 31 heavy (non-hydrogen) atoms. The lowest BCUT2D eigenvalue weighted by molar-refractivity contribution is 0.190. The van der Waals surface area contributed by atoms with Crippen LogP contribution in [-0.2, 0) is 19.9 Å². The van der Waals surface area contributed by atoms with Gasteiger partial charge in [-0.05, 0) is 60.7 Å². The van der Waals surface area contributed by atoms with Crippen molar-refractivity contribution in [2.24, 2.45) is 0 Å². The third-order valence-corrected chi connectivity index (χ3v) is 9.19. The SMILES string of the molecule is O=S1(=O)C[C@H](Nc2ccc(NS(=O)(=O)c3ccc(C4CCCCC4)cc3)cc2)[C@@H](O)C1. The Morgan fingerprint density at radius 1 is 0.839 bits per heavy atom. The molecule has 2 fully saturated rings. The van der Waals surface area contributed by atoms with E-state index in [2.05, 4.69) is 10.0 Å². The van der Waals surface area contributed by atoms with Crippen LogP contribution < -0.4 is 10.0 Å². The van der Waals surface area contributed by atoms with E-state index in [1.165, 1.54) is 24.8 Å². The molecular formula is C22H28N2O5S2. The van der Waals surface area contributed by atoms with Crippen LogP contribution >= 0.6 is 0 Å². The van der Waals surface area contributed by atoms with E-state index in [4.69, 9.17) is 0 Å². The number of aliphatic hydroxyl groups excluding tert-OH is 1. The highest BCUT2D eigenvalue weighted by atomic mass is 32.2. The van der Waals surface area contributed by atoms with Crippen molar-refractivity contribution in [1.29, 1.82) is 0 Å². The van der Waals surface area contributed by atoms with Gasteiger partial charge in [-0.25, -0.2) is 16.8 Å². The fraction of sp³-hybridized carbons (Fsp3) is 0.455. The highest BCUT2D eigenvalue weighted by Gasteiger charge is 2.36. The number of rotatable bonds is 6. The van der Waals surface area contributed by atoms with E-state index >= 15 is 0 Å². The highest BCUT2D eigenvalue weighted by Crippen LogP contribution is 2.33.